The number of rotatable bonds is 6. The van der Waals surface area contributed by atoms with Gasteiger partial charge in [-0.25, -0.2) is 4.68 Å². The molecule has 1 amide bonds. The Morgan fingerprint density at radius 1 is 1.19 bits per heavy atom. The average molecular weight is 351 g/mol. The van der Waals surface area contributed by atoms with Crippen molar-refractivity contribution in [3.8, 4) is 5.69 Å². The third-order valence-corrected chi connectivity index (χ3v) is 3.73. The molecule has 0 aliphatic carbocycles. The van der Waals surface area contributed by atoms with E-state index in [4.69, 9.17) is 0 Å². The molecule has 0 aliphatic rings. The van der Waals surface area contributed by atoms with Crippen molar-refractivity contribution in [3.05, 3.63) is 76.5 Å². The molecule has 2 aromatic carbocycles. The zero-order chi connectivity index (χ0) is 18.5. The van der Waals surface area contributed by atoms with Gasteiger partial charge in [0.15, 0.2) is 0 Å². The van der Waals surface area contributed by atoms with Gasteiger partial charge in [-0.15, -0.1) is 0 Å². The van der Waals surface area contributed by atoms with Crippen molar-refractivity contribution in [2.45, 2.75) is 6.92 Å². The van der Waals surface area contributed by atoms with Gasteiger partial charge in [0.05, 0.1) is 17.2 Å². The number of nitrogens with one attached hydrogen (secondary N) is 2. The predicted molar refractivity (Wildman–Crippen MR) is 98.5 cm³/mol. The predicted octanol–water partition coefficient (Wildman–Crippen LogP) is 3.14. The third kappa shape index (κ3) is 4.04. The minimum atomic E-state index is -0.473. The SMILES string of the molecule is Cc1ccc(NC(=O)CNc2ccn(-c3ccccc3)n2)cc1[N+](=O)[O-]. The molecule has 1 heterocycles. The molecule has 1 aromatic heterocycles. The summed E-state index contributed by atoms with van der Waals surface area (Å²) < 4.78 is 1.70. The number of hydrogen-bond acceptors (Lipinski definition) is 5. The maximum Gasteiger partial charge on any atom is 0.274 e. The van der Waals surface area contributed by atoms with Crippen LogP contribution in [-0.2, 0) is 4.79 Å². The molecular formula is C18H17N5O3. The van der Waals surface area contributed by atoms with Crippen LogP contribution in [0.25, 0.3) is 5.69 Å². The van der Waals surface area contributed by atoms with Crippen molar-refractivity contribution in [2.24, 2.45) is 0 Å². The van der Waals surface area contributed by atoms with Gasteiger partial charge in [0.2, 0.25) is 5.91 Å². The maximum atomic E-state index is 12.1. The van der Waals surface area contributed by atoms with E-state index in [0.717, 1.165) is 5.69 Å². The Balaban J connectivity index is 1.59. The number of amides is 1. The van der Waals surface area contributed by atoms with Crippen LogP contribution in [0.3, 0.4) is 0 Å². The van der Waals surface area contributed by atoms with Crippen molar-refractivity contribution in [1.29, 1.82) is 0 Å². The molecule has 2 N–H and O–H groups in total. The number of nitrogens with zero attached hydrogens (tertiary/aromatic N) is 3. The highest BCUT2D eigenvalue weighted by Gasteiger charge is 2.12. The third-order valence-electron chi connectivity index (χ3n) is 3.73. The molecule has 8 heteroatoms. The quantitative estimate of drug-likeness (QED) is 0.525. The number of nitro benzene ring substituents is 1. The van der Waals surface area contributed by atoms with Gasteiger partial charge < -0.3 is 10.6 Å². The molecule has 0 radical (unpaired) electrons. The first-order chi connectivity index (χ1) is 12.5. The highest BCUT2D eigenvalue weighted by Crippen LogP contribution is 2.22. The minimum absolute atomic E-state index is 0.00647. The maximum absolute atomic E-state index is 12.1. The smallest absolute Gasteiger partial charge is 0.274 e. The number of anilines is 2. The lowest BCUT2D eigenvalue weighted by Crippen LogP contribution is -2.22. The first-order valence-electron chi connectivity index (χ1n) is 7.93. The topological polar surface area (TPSA) is 102 Å². The molecule has 3 rings (SSSR count). The summed E-state index contributed by atoms with van der Waals surface area (Å²) >= 11 is 0. The second-order valence-corrected chi connectivity index (χ2v) is 5.64. The van der Waals surface area contributed by atoms with Crippen LogP contribution in [0, 0.1) is 17.0 Å². The summed E-state index contributed by atoms with van der Waals surface area (Å²) in [6, 6.07) is 15.9. The summed E-state index contributed by atoms with van der Waals surface area (Å²) in [4.78, 5) is 22.5. The highest BCUT2D eigenvalue weighted by molar-refractivity contribution is 5.94. The summed E-state index contributed by atoms with van der Waals surface area (Å²) in [5.41, 5.74) is 1.80. The first kappa shape index (κ1) is 17.2. The van der Waals surface area contributed by atoms with Crippen molar-refractivity contribution in [1.82, 2.24) is 9.78 Å². The largest absolute Gasteiger partial charge is 0.360 e. The Labute approximate surface area is 149 Å². The first-order valence-corrected chi connectivity index (χ1v) is 7.93. The summed E-state index contributed by atoms with van der Waals surface area (Å²) in [6.07, 6.45) is 1.79. The van der Waals surface area contributed by atoms with Gasteiger partial charge in [0.25, 0.3) is 5.69 Å². The van der Waals surface area contributed by atoms with E-state index in [1.165, 1.54) is 6.07 Å². The lowest BCUT2D eigenvalue weighted by molar-refractivity contribution is -0.385. The molecular weight excluding hydrogens is 334 g/mol. The molecule has 132 valence electrons. The zero-order valence-corrected chi connectivity index (χ0v) is 14.0. The minimum Gasteiger partial charge on any atom is -0.360 e. The summed E-state index contributed by atoms with van der Waals surface area (Å²) in [6.45, 7) is 1.64. The van der Waals surface area contributed by atoms with Crippen molar-refractivity contribution < 1.29 is 9.72 Å². The van der Waals surface area contributed by atoms with E-state index >= 15 is 0 Å². The lowest BCUT2D eigenvalue weighted by Gasteiger charge is -2.07. The number of aromatic nitrogens is 2. The Bertz CT molecular complexity index is 937. The van der Waals surface area contributed by atoms with Crippen molar-refractivity contribution in [3.63, 3.8) is 0 Å². The average Bonchev–Trinajstić information content (AvgIpc) is 3.11. The molecule has 26 heavy (non-hydrogen) atoms. The second kappa shape index (κ2) is 7.47. The van der Waals surface area contributed by atoms with Gasteiger partial charge in [-0.2, -0.15) is 5.10 Å². The number of carbonyl (C=O) groups is 1. The molecule has 0 saturated heterocycles. The number of carbonyl (C=O) groups excluding carboxylic acids is 1. The normalized spacial score (nSPS) is 10.3. The van der Waals surface area contributed by atoms with Crippen LogP contribution in [0.1, 0.15) is 5.56 Å². The van der Waals surface area contributed by atoms with Crippen molar-refractivity contribution in [2.75, 3.05) is 17.2 Å². The number of nitro groups is 1. The monoisotopic (exact) mass is 351 g/mol. The number of hydrogen-bond donors (Lipinski definition) is 2. The fraction of sp³-hybridized carbons (Fsp3) is 0.111. The highest BCUT2D eigenvalue weighted by atomic mass is 16.6. The van der Waals surface area contributed by atoms with E-state index in [9.17, 15) is 14.9 Å². The van der Waals surface area contributed by atoms with Gasteiger partial charge >= 0.3 is 0 Å². The number of benzene rings is 2. The Morgan fingerprint density at radius 3 is 2.69 bits per heavy atom. The van der Waals surface area contributed by atoms with Crippen LogP contribution in [-0.4, -0.2) is 27.2 Å². The molecule has 0 aliphatic heterocycles. The molecule has 0 spiro atoms. The summed E-state index contributed by atoms with van der Waals surface area (Å²) in [5.74, 6) is 0.233. The second-order valence-electron chi connectivity index (χ2n) is 5.64. The molecule has 0 fully saturated rings. The Morgan fingerprint density at radius 2 is 1.96 bits per heavy atom. The van der Waals surface area contributed by atoms with E-state index in [2.05, 4.69) is 15.7 Å². The van der Waals surface area contributed by atoms with Crippen LogP contribution in [0.2, 0.25) is 0 Å². The summed E-state index contributed by atoms with van der Waals surface area (Å²) in [5, 5.41) is 20.9. The molecule has 0 unspecified atom stereocenters. The van der Waals surface area contributed by atoms with Gasteiger partial charge in [-0.1, -0.05) is 24.3 Å². The van der Waals surface area contributed by atoms with Crippen LogP contribution >= 0.6 is 0 Å². The van der Waals surface area contributed by atoms with Gasteiger partial charge in [0, 0.05) is 29.6 Å². The molecule has 3 aromatic rings. The van der Waals surface area contributed by atoms with E-state index in [1.54, 1.807) is 36.0 Å². The van der Waals surface area contributed by atoms with E-state index in [-0.39, 0.29) is 18.1 Å². The van der Waals surface area contributed by atoms with E-state index < -0.39 is 4.92 Å². The molecule has 8 nitrogen and oxygen atoms in total. The molecule has 0 saturated carbocycles. The van der Waals surface area contributed by atoms with Gasteiger partial charge in [-0.05, 0) is 25.1 Å². The van der Waals surface area contributed by atoms with Crippen LogP contribution < -0.4 is 10.6 Å². The summed E-state index contributed by atoms with van der Waals surface area (Å²) in [7, 11) is 0. The van der Waals surface area contributed by atoms with Crippen LogP contribution in [0.4, 0.5) is 17.2 Å². The Kier molecular flexibility index (Phi) is 4.93. The van der Waals surface area contributed by atoms with E-state index in [0.29, 0.717) is 17.1 Å². The van der Waals surface area contributed by atoms with Gasteiger partial charge in [-0.3, -0.25) is 14.9 Å². The Hall–Kier alpha value is -3.68. The van der Waals surface area contributed by atoms with E-state index in [1.807, 2.05) is 30.3 Å². The standard InChI is InChI=1S/C18H17N5O3/c1-13-7-8-14(11-16(13)23(25)26)20-18(24)12-19-17-9-10-22(21-17)15-5-3-2-4-6-15/h2-11H,12H2,1H3,(H,19,21)(H,20,24). The fourth-order valence-corrected chi connectivity index (χ4v) is 2.40. The molecule has 0 atom stereocenters. The van der Waals surface area contributed by atoms with Gasteiger partial charge in [0.1, 0.15) is 5.82 Å². The van der Waals surface area contributed by atoms with Crippen LogP contribution in [0.5, 0.6) is 0 Å². The van der Waals surface area contributed by atoms with Crippen molar-refractivity contribution >= 4 is 23.1 Å². The fourth-order valence-electron chi connectivity index (χ4n) is 2.40. The zero-order valence-electron chi connectivity index (χ0n) is 14.0. The molecule has 0 bridgehead atoms. The number of aryl methyl sites for hydroxylation is 1. The van der Waals surface area contributed by atoms with Crippen LogP contribution in [0.15, 0.2) is 60.8 Å². The lowest BCUT2D eigenvalue weighted by atomic mass is 10.2. The number of para-hydroxylation sites is 1.